The van der Waals surface area contributed by atoms with Crippen LogP contribution in [0.1, 0.15) is 40.5 Å². The molecule has 4 rings (SSSR count). The number of benzene rings is 2. The lowest BCUT2D eigenvalue weighted by Crippen LogP contribution is -2.53. The van der Waals surface area contributed by atoms with Crippen LogP contribution in [0.5, 0.6) is 0 Å². The molecule has 30 heavy (non-hydrogen) atoms. The number of halogens is 2. The number of rotatable bonds is 6. The van der Waals surface area contributed by atoms with Crippen LogP contribution in [0.15, 0.2) is 48.8 Å². The molecule has 1 atom stereocenters. The Balaban J connectivity index is 0.00000160. The van der Waals surface area contributed by atoms with Crippen molar-refractivity contribution in [2.24, 2.45) is 11.7 Å². The van der Waals surface area contributed by atoms with Gasteiger partial charge in [0.15, 0.2) is 0 Å². The normalized spacial score (nSPS) is 14.7. The Hall–Kier alpha value is -2.61. The highest BCUT2D eigenvalue weighted by Crippen LogP contribution is 2.39. The Labute approximate surface area is 187 Å². The summed E-state index contributed by atoms with van der Waals surface area (Å²) >= 11 is 0. The van der Waals surface area contributed by atoms with Gasteiger partial charge in [-0.1, -0.05) is 6.07 Å². The van der Waals surface area contributed by atoms with Crippen molar-refractivity contribution in [1.29, 1.82) is 0 Å². The second-order valence-corrected chi connectivity index (χ2v) is 7.52. The summed E-state index contributed by atoms with van der Waals surface area (Å²) in [5.74, 6) is -0.00426. The Morgan fingerprint density at radius 3 is 2.57 bits per heavy atom. The summed E-state index contributed by atoms with van der Waals surface area (Å²) in [5.41, 5.74) is 8.64. The van der Waals surface area contributed by atoms with Crippen molar-refractivity contribution in [3.05, 3.63) is 59.9 Å². The van der Waals surface area contributed by atoms with E-state index in [2.05, 4.69) is 20.6 Å². The monoisotopic (exact) mass is 449 g/mol. The summed E-state index contributed by atoms with van der Waals surface area (Å²) in [6.07, 6.45) is 3.76. The number of amides is 2. The lowest BCUT2D eigenvalue weighted by molar-refractivity contribution is 0.0897. The number of aromatic nitrogens is 2. The van der Waals surface area contributed by atoms with Crippen LogP contribution in [0.4, 0.5) is 5.69 Å². The van der Waals surface area contributed by atoms with Gasteiger partial charge in [-0.05, 0) is 62.1 Å². The van der Waals surface area contributed by atoms with Crippen LogP contribution in [-0.4, -0.2) is 33.9 Å². The van der Waals surface area contributed by atoms with Crippen LogP contribution >= 0.6 is 24.8 Å². The van der Waals surface area contributed by atoms with Crippen LogP contribution in [0.2, 0.25) is 0 Å². The maximum Gasteiger partial charge on any atom is 0.255 e. The summed E-state index contributed by atoms with van der Waals surface area (Å²) in [4.78, 5) is 32.4. The molecule has 160 valence electrons. The molecule has 1 fully saturated rings. The number of carbonyl (C=O) groups excluding carboxylic acids is 2. The molecule has 0 saturated heterocycles. The van der Waals surface area contributed by atoms with E-state index in [0.717, 1.165) is 23.9 Å². The number of anilines is 1. The summed E-state index contributed by atoms with van der Waals surface area (Å²) in [5, 5.41) is 5.91. The van der Waals surface area contributed by atoms with E-state index in [4.69, 9.17) is 5.73 Å². The van der Waals surface area contributed by atoms with Crippen LogP contribution < -0.4 is 16.4 Å². The highest BCUT2D eigenvalue weighted by molar-refractivity contribution is 6.06. The molecule has 5 N–H and O–H groups in total. The predicted octanol–water partition coefficient (Wildman–Crippen LogP) is 3.52. The van der Waals surface area contributed by atoms with E-state index >= 15 is 0 Å². The van der Waals surface area contributed by atoms with E-state index in [1.165, 1.54) is 0 Å². The summed E-state index contributed by atoms with van der Waals surface area (Å²) in [6, 6.07) is 12.2. The number of nitrogens with zero attached hydrogens (tertiary/aromatic N) is 1. The van der Waals surface area contributed by atoms with E-state index in [0.29, 0.717) is 29.3 Å². The van der Waals surface area contributed by atoms with Crippen LogP contribution in [0.25, 0.3) is 11.0 Å². The number of fused-ring (bicyclic) bond motifs is 1. The number of nitrogens with one attached hydrogen (secondary N) is 3. The zero-order valence-electron chi connectivity index (χ0n) is 16.5. The number of H-pyrrole nitrogens is 1. The molecular weight excluding hydrogens is 425 g/mol. The number of imidazole rings is 1. The molecule has 1 aromatic heterocycles. The first-order valence-corrected chi connectivity index (χ1v) is 9.36. The number of nitrogens with two attached hydrogens (primary N) is 1. The second kappa shape index (κ2) is 9.47. The minimum atomic E-state index is -0.393. The van der Waals surface area contributed by atoms with Crippen molar-refractivity contribution in [1.82, 2.24) is 15.3 Å². The predicted molar refractivity (Wildman–Crippen MR) is 123 cm³/mol. The SMILES string of the molecule is CC(CN)(NC(=O)c1cccc(NC(=O)c2ccc3nc[nH]c3c2)c1)C1CC1.Cl.Cl. The average molecular weight is 450 g/mol. The Morgan fingerprint density at radius 1 is 1.13 bits per heavy atom. The zero-order chi connectivity index (χ0) is 19.7. The third-order valence-corrected chi connectivity index (χ3v) is 5.37. The Morgan fingerprint density at radius 2 is 1.87 bits per heavy atom. The van der Waals surface area contributed by atoms with Crippen LogP contribution in [0, 0.1) is 5.92 Å². The fourth-order valence-electron chi connectivity index (χ4n) is 3.39. The van der Waals surface area contributed by atoms with Gasteiger partial charge in [-0.2, -0.15) is 0 Å². The van der Waals surface area contributed by atoms with Gasteiger partial charge in [0.25, 0.3) is 11.8 Å². The van der Waals surface area contributed by atoms with E-state index in [1.54, 1.807) is 48.8 Å². The van der Waals surface area contributed by atoms with Gasteiger partial charge in [-0.15, -0.1) is 24.8 Å². The minimum Gasteiger partial charge on any atom is -0.345 e. The fraction of sp³-hybridized carbons (Fsp3) is 0.286. The molecule has 0 aliphatic heterocycles. The second-order valence-electron chi connectivity index (χ2n) is 7.52. The third-order valence-electron chi connectivity index (χ3n) is 5.37. The van der Waals surface area contributed by atoms with Gasteiger partial charge in [0.1, 0.15) is 0 Å². The molecule has 1 aliphatic rings. The van der Waals surface area contributed by atoms with Gasteiger partial charge in [0, 0.05) is 23.4 Å². The quantitative estimate of drug-likeness (QED) is 0.460. The molecule has 7 nitrogen and oxygen atoms in total. The maximum absolute atomic E-state index is 12.7. The molecule has 9 heteroatoms. The molecule has 0 spiro atoms. The van der Waals surface area contributed by atoms with Crippen molar-refractivity contribution in [3.8, 4) is 0 Å². The standard InChI is InChI=1S/C21H23N5O2.2ClH/c1-21(11-22,15-6-7-15)26-20(28)13-3-2-4-16(9-13)25-19(27)14-5-8-17-18(10-14)24-12-23-17;;/h2-5,8-10,12,15H,6-7,11,22H2,1H3,(H,23,24)(H,25,27)(H,26,28);2*1H. The summed E-state index contributed by atoms with van der Waals surface area (Å²) < 4.78 is 0. The molecule has 3 aromatic rings. The van der Waals surface area contributed by atoms with Crippen LogP contribution in [0.3, 0.4) is 0 Å². The highest BCUT2D eigenvalue weighted by Gasteiger charge is 2.41. The van der Waals surface area contributed by atoms with Crippen molar-refractivity contribution >= 4 is 53.3 Å². The molecule has 1 heterocycles. The third kappa shape index (κ3) is 4.92. The number of hydrogen-bond donors (Lipinski definition) is 4. The first-order chi connectivity index (χ1) is 13.5. The lowest BCUT2D eigenvalue weighted by atomic mass is 9.95. The van der Waals surface area contributed by atoms with E-state index in [9.17, 15) is 9.59 Å². The molecule has 2 aromatic carbocycles. The number of carbonyl (C=O) groups is 2. The van der Waals surface area contributed by atoms with Gasteiger partial charge < -0.3 is 21.4 Å². The zero-order valence-corrected chi connectivity index (χ0v) is 18.1. The maximum atomic E-state index is 12.7. The average Bonchev–Trinajstić information content (AvgIpc) is 3.46. The number of aromatic amines is 1. The van der Waals surface area contributed by atoms with Gasteiger partial charge in [-0.3, -0.25) is 9.59 Å². The minimum absolute atomic E-state index is 0. The van der Waals surface area contributed by atoms with Crippen molar-refractivity contribution in [3.63, 3.8) is 0 Å². The molecule has 1 unspecified atom stereocenters. The van der Waals surface area contributed by atoms with E-state index < -0.39 is 5.54 Å². The first kappa shape index (κ1) is 23.7. The fourth-order valence-corrected chi connectivity index (χ4v) is 3.39. The molecule has 1 saturated carbocycles. The molecule has 1 aliphatic carbocycles. The summed E-state index contributed by atoms with van der Waals surface area (Å²) in [7, 11) is 0. The van der Waals surface area contributed by atoms with Crippen molar-refractivity contribution in [2.75, 3.05) is 11.9 Å². The van der Waals surface area contributed by atoms with Gasteiger partial charge in [0.2, 0.25) is 0 Å². The van der Waals surface area contributed by atoms with Gasteiger partial charge in [-0.25, -0.2) is 4.98 Å². The first-order valence-electron chi connectivity index (χ1n) is 9.36. The Bertz CT molecular complexity index is 1050. The summed E-state index contributed by atoms with van der Waals surface area (Å²) in [6.45, 7) is 2.38. The smallest absolute Gasteiger partial charge is 0.255 e. The molecule has 0 bridgehead atoms. The molecule has 0 radical (unpaired) electrons. The van der Waals surface area contributed by atoms with Crippen molar-refractivity contribution < 1.29 is 9.59 Å². The van der Waals surface area contributed by atoms with Gasteiger partial charge >= 0.3 is 0 Å². The highest BCUT2D eigenvalue weighted by atomic mass is 35.5. The van der Waals surface area contributed by atoms with E-state index in [1.807, 2.05) is 6.92 Å². The topological polar surface area (TPSA) is 113 Å². The lowest BCUT2D eigenvalue weighted by Gasteiger charge is -2.29. The molecular formula is C21H25Cl2N5O2. The Kier molecular flexibility index (Phi) is 7.47. The van der Waals surface area contributed by atoms with Crippen LogP contribution in [-0.2, 0) is 0 Å². The molecule has 2 amide bonds. The van der Waals surface area contributed by atoms with E-state index in [-0.39, 0.29) is 36.6 Å². The largest absolute Gasteiger partial charge is 0.345 e. The number of hydrogen-bond acceptors (Lipinski definition) is 4. The van der Waals surface area contributed by atoms with Gasteiger partial charge in [0.05, 0.1) is 22.9 Å². The van der Waals surface area contributed by atoms with Crippen molar-refractivity contribution in [2.45, 2.75) is 25.3 Å².